The van der Waals surface area contributed by atoms with Gasteiger partial charge in [0.05, 0.1) is 18.6 Å². The molecule has 0 saturated carbocycles. The van der Waals surface area contributed by atoms with Gasteiger partial charge < -0.3 is 73.6 Å². The molecular formula is C53H86N10O15S2. The van der Waals surface area contributed by atoms with Gasteiger partial charge in [-0.2, -0.15) is 24.4 Å². The summed E-state index contributed by atoms with van der Waals surface area (Å²) in [4.78, 5) is 149. The second-order valence-electron chi connectivity index (χ2n) is 20.7. The number of phenols is 1. The van der Waals surface area contributed by atoms with Crippen LogP contribution in [0.25, 0.3) is 0 Å². The highest BCUT2D eigenvalue weighted by atomic mass is 32.2. The minimum atomic E-state index is -1.88. The zero-order chi connectivity index (χ0) is 60.6. The molecule has 1 heterocycles. The number of benzene rings is 1. The van der Waals surface area contributed by atoms with Gasteiger partial charge >= 0.3 is 11.9 Å². The van der Waals surface area contributed by atoms with E-state index in [9.17, 15) is 73.2 Å². The van der Waals surface area contributed by atoms with E-state index in [0.717, 1.165) is 6.42 Å². The second kappa shape index (κ2) is 34.8. The van der Waals surface area contributed by atoms with Gasteiger partial charge in [-0.1, -0.05) is 86.8 Å². The number of aliphatic hydroxyl groups excluding tert-OH is 1. The highest BCUT2D eigenvalue weighted by molar-refractivity contribution is 7.98. The molecule has 14 N–H and O–H groups in total. The molecule has 0 radical (unpaired) electrons. The van der Waals surface area contributed by atoms with E-state index in [1.54, 1.807) is 54.7 Å². The van der Waals surface area contributed by atoms with E-state index in [0.29, 0.717) is 37.1 Å². The van der Waals surface area contributed by atoms with Crippen LogP contribution in [-0.4, -0.2) is 176 Å². The molecular weight excluding hydrogens is 1080 g/mol. The Labute approximate surface area is 477 Å². The fraction of sp³-hybridized carbons (Fsp3) is 0.679. The second-order valence-corrected chi connectivity index (χ2v) is 22.1. The van der Waals surface area contributed by atoms with Crippen LogP contribution in [0, 0.1) is 23.7 Å². The number of hydrogen-bond donors (Lipinski definition) is 15. The van der Waals surface area contributed by atoms with Crippen LogP contribution >= 0.6 is 24.4 Å². The molecule has 25 nitrogen and oxygen atoms in total. The molecule has 2 rings (SSSR count). The molecule has 1 aliphatic rings. The summed E-state index contributed by atoms with van der Waals surface area (Å²) in [7, 11) is 0. The molecule has 0 aliphatic carbocycles. The van der Waals surface area contributed by atoms with Gasteiger partial charge in [0.25, 0.3) is 0 Å². The maximum atomic E-state index is 14.2. The first-order valence-corrected chi connectivity index (χ1v) is 29.1. The predicted molar refractivity (Wildman–Crippen MR) is 302 cm³/mol. The summed E-state index contributed by atoms with van der Waals surface area (Å²) in [6.45, 7) is 15.2. The molecule has 1 saturated heterocycles. The highest BCUT2D eigenvalue weighted by Gasteiger charge is 2.39. The van der Waals surface area contributed by atoms with Gasteiger partial charge in [-0.05, 0) is 86.1 Å². The van der Waals surface area contributed by atoms with Crippen molar-refractivity contribution < 1.29 is 73.2 Å². The third-order valence-corrected chi connectivity index (χ3v) is 15.1. The van der Waals surface area contributed by atoms with Gasteiger partial charge in [0, 0.05) is 12.2 Å². The molecule has 1 aromatic rings. The van der Waals surface area contributed by atoms with Crippen LogP contribution in [-0.2, 0) is 59.2 Å². The lowest BCUT2D eigenvalue weighted by Gasteiger charge is -2.31. The monoisotopic (exact) mass is 1170 g/mol. The van der Waals surface area contributed by atoms with E-state index in [2.05, 4.69) is 65.8 Å². The van der Waals surface area contributed by atoms with E-state index in [1.165, 1.54) is 43.0 Å². The molecule has 9 amide bonds. The Morgan fingerprint density at radius 2 is 1.02 bits per heavy atom. The van der Waals surface area contributed by atoms with Crippen LogP contribution in [0.2, 0.25) is 0 Å². The minimum absolute atomic E-state index is 0.0749. The Balaban J connectivity index is 2.39. The van der Waals surface area contributed by atoms with Gasteiger partial charge in [0.15, 0.2) is 0 Å². The number of nitrogens with one attached hydrogen (secondary N) is 10. The summed E-state index contributed by atoms with van der Waals surface area (Å²) in [5, 5.41) is 66.4. The molecule has 0 unspecified atom stereocenters. The molecule has 1 aliphatic heterocycles. The number of carboxylic acids is 2. The summed E-state index contributed by atoms with van der Waals surface area (Å²) in [5.74, 6) is -12.9. The van der Waals surface area contributed by atoms with E-state index in [4.69, 9.17) is 0 Å². The zero-order valence-electron chi connectivity index (χ0n) is 47.4. The molecule has 0 spiro atoms. The van der Waals surface area contributed by atoms with Crippen LogP contribution in [0.5, 0.6) is 5.75 Å². The van der Waals surface area contributed by atoms with E-state index in [1.807, 2.05) is 6.92 Å². The van der Waals surface area contributed by atoms with Gasteiger partial charge in [0.1, 0.15) is 60.1 Å². The number of aliphatic hydroxyl groups is 1. The van der Waals surface area contributed by atoms with E-state index in [-0.39, 0.29) is 42.6 Å². The van der Waals surface area contributed by atoms with Crippen molar-refractivity contribution in [3.8, 4) is 5.75 Å². The quantitative estimate of drug-likeness (QED) is 0.0380. The Hall–Kier alpha value is -6.19. The van der Waals surface area contributed by atoms with Crippen LogP contribution < -0.4 is 53.2 Å². The Bertz CT molecular complexity index is 2270. The van der Waals surface area contributed by atoms with Crippen LogP contribution in [0.15, 0.2) is 24.3 Å². The van der Waals surface area contributed by atoms with Crippen LogP contribution in [0.1, 0.15) is 113 Å². The standard InChI is InChI=1S/C53H86N10O15S2/c1-11-27(6)40(60-44(68)33-15-14-21-54-33)51(75)58-37(25-79)48(72)63-43(30(9)64)52(76)61-41(28(7)12-2)50(74)57-36(24-38(66)67)47(71)59-39(26(4)5)49(73)56-35(23-31-16-18-32(65)19-17-31)46(70)55-34(20-22-80-10)45(69)62-42(53(77)78)29(8)13-3/h16-19,26-30,33-37,39-43,54,64-65,79H,11-15,20-25H2,1-10H3,(H,55,70)(H,56,73)(H,57,74)(H,58,75)(H,59,71)(H,60,68)(H,61,76)(H,62,69)(H,63,72)(H,66,67)(H,77,78)/t27-,28-,29-,30+,33-,34-,35-,36-,37-,39-,40-,41-,42-,43-/m0/s1. The summed E-state index contributed by atoms with van der Waals surface area (Å²) < 4.78 is 0. The van der Waals surface area contributed by atoms with Crippen molar-refractivity contribution in [2.45, 2.75) is 180 Å². The van der Waals surface area contributed by atoms with E-state index >= 15 is 0 Å². The summed E-state index contributed by atoms with van der Waals surface area (Å²) in [6.07, 6.45) is 1.56. The van der Waals surface area contributed by atoms with Crippen molar-refractivity contribution in [3.63, 3.8) is 0 Å². The van der Waals surface area contributed by atoms with Crippen LogP contribution in [0.4, 0.5) is 0 Å². The topological polar surface area (TPSA) is 389 Å². The fourth-order valence-electron chi connectivity index (χ4n) is 8.41. The summed E-state index contributed by atoms with van der Waals surface area (Å²) in [5.41, 5.74) is 0.451. The largest absolute Gasteiger partial charge is 0.508 e. The Morgan fingerprint density at radius 1 is 0.588 bits per heavy atom. The Morgan fingerprint density at radius 3 is 1.51 bits per heavy atom. The number of amides is 9. The van der Waals surface area contributed by atoms with Gasteiger partial charge in [-0.15, -0.1) is 0 Å². The average Bonchev–Trinajstić information content (AvgIpc) is 3.97. The van der Waals surface area contributed by atoms with Crippen molar-refractivity contribution >= 4 is 89.5 Å². The fourth-order valence-corrected chi connectivity index (χ4v) is 9.14. The van der Waals surface area contributed by atoms with Crippen molar-refractivity contribution in [2.75, 3.05) is 24.3 Å². The molecule has 27 heteroatoms. The molecule has 14 atom stereocenters. The lowest BCUT2D eigenvalue weighted by Crippen LogP contribution is -2.63. The number of thioether (sulfide) groups is 1. The number of carbonyl (C=O) groups excluding carboxylic acids is 9. The lowest BCUT2D eigenvalue weighted by molar-refractivity contribution is -0.144. The SMILES string of the molecule is CC[C@H](C)[C@H](NC(=O)[C@H](CCSC)NC(=O)[C@H](Cc1ccc(O)cc1)NC(=O)[C@@H](NC(=O)[C@H](CC(=O)O)NC(=O)[C@@H](NC(=O)[C@@H](NC(=O)[C@H](CS)NC(=O)[C@@H](NC(=O)[C@@H]1CCCN1)[C@@H](C)CC)[C@@H](C)O)[C@@H](C)CC)C(C)C)C(=O)O. The first kappa shape index (κ1) is 69.9. The maximum absolute atomic E-state index is 14.2. The number of carbonyl (C=O) groups is 11. The summed E-state index contributed by atoms with van der Waals surface area (Å²) >= 11 is 5.60. The van der Waals surface area contributed by atoms with Crippen molar-refractivity contribution in [3.05, 3.63) is 29.8 Å². The molecule has 1 aromatic carbocycles. The molecule has 1 fully saturated rings. The molecule has 0 aromatic heterocycles. The van der Waals surface area contributed by atoms with Crippen LogP contribution in [0.3, 0.4) is 0 Å². The minimum Gasteiger partial charge on any atom is -0.508 e. The average molecular weight is 1170 g/mol. The zero-order valence-corrected chi connectivity index (χ0v) is 49.1. The summed E-state index contributed by atoms with van der Waals surface area (Å²) in [6, 6.07) is -7.78. The molecule has 0 bridgehead atoms. The maximum Gasteiger partial charge on any atom is 0.326 e. The third-order valence-electron chi connectivity index (χ3n) is 14.1. The predicted octanol–water partition coefficient (Wildman–Crippen LogP) is -0.533. The van der Waals surface area contributed by atoms with Gasteiger partial charge in [0.2, 0.25) is 53.2 Å². The first-order chi connectivity index (χ1) is 37.6. The van der Waals surface area contributed by atoms with Crippen molar-refractivity contribution in [2.24, 2.45) is 23.7 Å². The number of phenolic OH excluding ortho intramolecular Hbond substituents is 1. The smallest absolute Gasteiger partial charge is 0.326 e. The van der Waals surface area contributed by atoms with Gasteiger partial charge in [-0.3, -0.25) is 47.9 Å². The number of aliphatic carboxylic acids is 2. The number of thiol groups is 1. The first-order valence-electron chi connectivity index (χ1n) is 27.1. The third kappa shape index (κ3) is 22.4. The Kier molecular flexibility index (Phi) is 30.4. The van der Waals surface area contributed by atoms with Crippen molar-refractivity contribution in [1.82, 2.24) is 53.2 Å². The number of hydrogen-bond acceptors (Lipinski definition) is 16. The van der Waals surface area contributed by atoms with Crippen molar-refractivity contribution in [1.29, 1.82) is 0 Å². The highest BCUT2D eigenvalue weighted by Crippen LogP contribution is 2.17. The normalized spacial score (nSPS) is 18.0. The molecule has 450 valence electrons. The number of rotatable bonds is 35. The van der Waals surface area contributed by atoms with Gasteiger partial charge in [-0.25, -0.2) is 4.79 Å². The molecule has 80 heavy (non-hydrogen) atoms. The van der Waals surface area contributed by atoms with E-state index < -0.39 is 150 Å². The number of aromatic hydroxyl groups is 1. The lowest BCUT2D eigenvalue weighted by atomic mass is 9.96. The number of carboxylic acid groups (broad SMARTS) is 2.